The van der Waals surface area contributed by atoms with Crippen LogP contribution < -0.4 is 15.2 Å². The van der Waals surface area contributed by atoms with Crippen molar-refractivity contribution in [2.45, 2.75) is 6.36 Å². The molecule has 0 heterocycles. The molecule has 0 amide bonds. The molecule has 2 aromatic rings. The summed E-state index contributed by atoms with van der Waals surface area (Å²) in [5.41, 5.74) is 5.28. The monoisotopic (exact) mass is 369 g/mol. The number of rotatable bonds is 5. The SMILES string of the molecule is Cl.NCCOc1cc(-c2cc(F)ccc2F)ccc1OC(F)(F)F. The second-order valence-electron chi connectivity index (χ2n) is 4.47. The van der Waals surface area contributed by atoms with Crippen LogP contribution in [0.5, 0.6) is 11.5 Å². The van der Waals surface area contributed by atoms with Gasteiger partial charge in [0.1, 0.15) is 18.2 Å². The molecular formula is C15H13ClF5NO2. The molecule has 0 fully saturated rings. The van der Waals surface area contributed by atoms with Gasteiger partial charge in [0.25, 0.3) is 0 Å². The van der Waals surface area contributed by atoms with E-state index < -0.39 is 23.7 Å². The molecule has 0 unspecified atom stereocenters. The highest BCUT2D eigenvalue weighted by molar-refractivity contribution is 5.85. The first kappa shape index (κ1) is 20.0. The van der Waals surface area contributed by atoms with Gasteiger partial charge in [-0.05, 0) is 35.9 Å². The summed E-state index contributed by atoms with van der Waals surface area (Å²) in [4.78, 5) is 0. The van der Waals surface area contributed by atoms with Gasteiger partial charge in [-0.3, -0.25) is 0 Å². The molecule has 0 aliphatic rings. The van der Waals surface area contributed by atoms with Gasteiger partial charge < -0.3 is 15.2 Å². The van der Waals surface area contributed by atoms with Crippen LogP contribution in [-0.2, 0) is 0 Å². The van der Waals surface area contributed by atoms with Crippen LogP contribution in [0, 0.1) is 11.6 Å². The Morgan fingerprint density at radius 1 is 0.958 bits per heavy atom. The van der Waals surface area contributed by atoms with Crippen LogP contribution in [0.15, 0.2) is 36.4 Å². The van der Waals surface area contributed by atoms with E-state index in [9.17, 15) is 22.0 Å². The van der Waals surface area contributed by atoms with Crippen molar-refractivity contribution < 1.29 is 31.4 Å². The molecule has 0 radical (unpaired) electrons. The molecule has 2 aromatic carbocycles. The van der Waals surface area contributed by atoms with Crippen molar-refractivity contribution in [2.75, 3.05) is 13.2 Å². The van der Waals surface area contributed by atoms with Crippen molar-refractivity contribution in [3.8, 4) is 22.6 Å². The van der Waals surface area contributed by atoms with Gasteiger partial charge in [-0.2, -0.15) is 0 Å². The van der Waals surface area contributed by atoms with Gasteiger partial charge >= 0.3 is 6.36 Å². The van der Waals surface area contributed by atoms with Crippen LogP contribution in [0.1, 0.15) is 0 Å². The van der Waals surface area contributed by atoms with E-state index in [4.69, 9.17) is 10.5 Å². The van der Waals surface area contributed by atoms with Crippen molar-refractivity contribution in [1.29, 1.82) is 0 Å². The summed E-state index contributed by atoms with van der Waals surface area (Å²) < 4.78 is 73.1. The van der Waals surface area contributed by atoms with E-state index in [1.165, 1.54) is 6.07 Å². The number of halogens is 6. The lowest BCUT2D eigenvalue weighted by atomic mass is 10.0. The fourth-order valence-electron chi connectivity index (χ4n) is 1.88. The van der Waals surface area contributed by atoms with Crippen molar-refractivity contribution in [3.05, 3.63) is 48.0 Å². The first-order chi connectivity index (χ1) is 10.8. The third-order valence-electron chi connectivity index (χ3n) is 2.78. The molecule has 0 saturated heterocycles. The van der Waals surface area contributed by atoms with Crippen LogP contribution in [0.3, 0.4) is 0 Å². The Labute approximate surface area is 140 Å². The summed E-state index contributed by atoms with van der Waals surface area (Å²) in [5.74, 6) is -2.26. The molecule has 2 rings (SSSR count). The molecule has 9 heteroatoms. The minimum absolute atomic E-state index is 0. The van der Waals surface area contributed by atoms with E-state index in [2.05, 4.69) is 4.74 Å². The van der Waals surface area contributed by atoms with Crippen LogP contribution in [0.4, 0.5) is 22.0 Å². The quantitative estimate of drug-likeness (QED) is 0.800. The molecule has 0 aliphatic carbocycles. The predicted molar refractivity (Wildman–Crippen MR) is 80.3 cm³/mol. The highest BCUT2D eigenvalue weighted by Crippen LogP contribution is 2.36. The Balaban J connectivity index is 0.00000288. The third-order valence-corrected chi connectivity index (χ3v) is 2.78. The molecule has 0 aliphatic heterocycles. The number of nitrogens with two attached hydrogens (primary N) is 1. The second-order valence-corrected chi connectivity index (χ2v) is 4.47. The van der Waals surface area contributed by atoms with Gasteiger partial charge in [0, 0.05) is 12.1 Å². The minimum atomic E-state index is -4.91. The topological polar surface area (TPSA) is 44.5 Å². The average Bonchev–Trinajstić information content (AvgIpc) is 2.47. The molecule has 24 heavy (non-hydrogen) atoms. The molecule has 0 saturated carbocycles. The fourth-order valence-corrected chi connectivity index (χ4v) is 1.88. The molecular weight excluding hydrogens is 357 g/mol. The summed E-state index contributed by atoms with van der Waals surface area (Å²) in [6.07, 6.45) is -4.91. The second kappa shape index (κ2) is 8.16. The van der Waals surface area contributed by atoms with E-state index >= 15 is 0 Å². The molecule has 0 aromatic heterocycles. The summed E-state index contributed by atoms with van der Waals surface area (Å²) in [7, 11) is 0. The summed E-state index contributed by atoms with van der Waals surface area (Å²) in [6, 6.07) is 6.07. The van der Waals surface area contributed by atoms with E-state index in [0.717, 1.165) is 30.3 Å². The predicted octanol–water partition coefficient (Wildman–Crippen LogP) is 4.29. The van der Waals surface area contributed by atoms with Crippen LogP contribution in [0.2, 0.25) is 0 Å². The molecule has 0 spiro atoms. The van der Waals surface area contributed by atoms with Crippen molar-refractivity contribution in [1.82, 2.24) is 0 Å². The number of benzene rings is 2. The summed E-state index contributed by atoms with van der Waals surface area (Å²) >= 11 is 0. The lowest BCUT2D eigenvalue weighted by molar-refractivity contribution is -0.275. The Morgan fingerprint density at radius 3 is 2.29 bits per heavy atom. The van der Waals surface area contributed by atoms with E-state index in [1.807, 2.05) is 0 Å². The van der Waals surface area contributed by atoms with Crippen molar-refractivity contribution >= 4 is 12.4 Å². The average molecular weight is 370 g/mol. The van der Waals surface area contributed by atoms with Gasteiger partial charge in [-0.1, -0.05) is 6.07 Å². The van der Waals surface area contributed by atoms with Gasteiger partial charge in [0.15, 0.2) is 11.5 Å². The van der Waals surface area contributed by atoms with E-state index in [0.29, 0.717) is 0 Å². The van der Waals surface area contributed by atoms with E-state index in [1.54, 1.807) is 0 Å². The van der Waals surface area contributed by atoms with Gasteiger partial charge in [-0.15, -0.1) is 25.6 Å². The standard InChI is InChI=1S/C15H12F5NO2.ClH/c16-10-2-3-12(17)11(8-10)9-1-4-13(23-15(18,19)20)14(7-9)22-6-5-21;/h1-4,7-8H,5-6,21H2;1H. The zero-order valence-corrected chi connectivity index (χ0v) is 12.9. The Bertz CT molecular complexity index is 694. The van der Waals surface area contributed by atoms with Gasteiger partial charge in [0.05, 0.1) is 0 Å². The normalized spacial score (nSPS) is 10.9. The number of hydrogen-bond donors (Lipinski definition) is 1. The maximum absolute atomic E-state index is 13.8. The minimum Gasteiger partial charge on any atom is -0.488 e. The van der Waals surface area contributed by atoms with Gasteiger partial charge in [0.2, 0.25) is 0 Å². The largest absolute Gasteiger partial charge is 0.573 e. The third kappa shape index (κ3) is 5.24. The van der Waals surface area contributed by atoms with Crippen LogP contribution >= 0.6 is 12.4 Å². The Morgan fingerprint density at radius 2 is 1.67 bits per heavy atom. The number of ether oxygens (including phenoxy) is 2. The molecule has 132 valence electrons. The first-order valence-corrected chi connectivity index (χ1v) is 6.48. The number of alkyl halides is 3. The zero-order valence-electron chi connectivity index (χ0n) is 12.1. The maximum atomic E-state index is 13.8. The smallest absolute Gasteiger partial charge is 0.488 e. The Kier molecular flexibility index (Phi) is 6.80. The van der Waals surface area contributed by atoms with E-state index in [-0.39, 0.29) is 42.4 Å². The first-order valence-electron chi connectivity index (χ1n) is 6.48. The molecule has 2 N–H and O–H groups in total. The molecule has 0 bridgehead atoms. The lowest BCUT2D eigenvalue weighted by Crippen LogP contribution is -2.18. The number of hydrogen-bond acceptors (Lipinski definition) is 3. The summed E-state index contributed by atoms with van der Waals surface area (Å²) in [5, 5.41) is 0. The highest BCUT2D eigenvalue weighted by Gasteiger charge is 2.32. The van der Waals surface area contributed by atoms with Crippen LogP contribution in [0.25, 0.3) is 11.1 Å². The Hall–Kier alpha value is -2.06. The van der Waals surface area contributed by atoms with Crippen molar-refractivity contribution in [3.63, 3.8) is 0 Å². The molecule has 3 nitrogen and oxygen atoms in total. The highest BCUT2D eigenvalue weighted by atomic mass is 35.5. The fraction of sp³-hybridized carbons (Fsp3) is 0.200. The van der Waals surface area contributed by atoms with Crippen LogP contribution in [-0.4, -0.2) is 19.5 Å². The maximum Gasteiger partial charge on any atom is 0.573 e. The molecule has 0 atom stereocenters. The van der Waals surface area contributed by atoms with Gasteiger partial charge in [-0.25, -0.2) is 8.78 Å². The zero-order chi connectivity index (χ0) is 17.0. The summed E-state index contributed by atoms with van der Waals surface area (Å²) in [6.45, 7) is -0.00663. The van der Waals surface area contributed by atoms with Crippen molar-refractivity contribution in [2.24, 2.45) is 5.73 Å². The lowest BCUT2D eigenvalue weighted by Gasteiger charge is -2.15.